The van der Waals surface area contributed by atoms with Crippen LogP contribution in [0.5, 0.6) is 5.75 Å². The molecule has 0 fully saturated rings. The van der Waals surface area contributed by atoms with E-state index in [-0.39, 0.29) is 17.5 Å². The molecular formula is C15H22O2. The van der Waals surface area contributed by atoms with Gasteiger partial charge in [-0.1, -0.05) is 27.2 Å². The maximum absolute atomic E-state index is 12.3. The highest BCUT2D eigenvalue weighted by atomic mass is 16.3. The van der Waals surface area contributed by atoms with Crippen LogP contribution in [0.15, 0.2) is 12.1 Å². The third kappa shape index (κ3) is 2.87. The van der Waals surface area contributed by atoms with E-state index >= 15 is 0 Å². The lowest BCUT2D eigenvalue weighted by Gasteiger charge is -2.18. The van der Waals surface area contributed by atoms with Crippen LogP contribution >= 0.6 is 0 Å². The van der Waals surface area contributed by atoms with Crippen LogP contribution in [0, 0.1) is 25.7 Å². The van der Waals surface area contributed by atoms with Gasteiger partial charge in [0.2, 0.25) is 0 Å². The zero-order valence-corrected chi connectivity index (χ0v) is 11.4. The Hall–Kier alpha value is -1.31. The molecule has 0 radical (unpaired) electrons. The number of benzene rings is 1. The molecule has 2 nitrogen and oxygen atoms in total. The fourth-order valence-corrected chi connectivity index (χ4v) is 1.86. The molecule has 0 heterocycles. The van der Waals surface area contributed by atoms with E-state index in [0.717, 1.165) is 17.5 Å². The normalized spacial score (nSPS) is 14.4. The predicted octanol–water partition coefficient (Wildman–Crippen LogP) is 3.87. The Kier molecular flexibility index (Phi) is 4.33. The van der Waals surface area contributed by atoms with Crippen LogP contribution in [-0.4, -0.2) is 10.9 Å². The lowest BCUT2D eigenvalue weighted by Crippen LogP contribution is -2.19. The highest BCUT2D eigenvalue weighted by Gasteiger charge is 2.23. The van der Waals surface area contributed by atoms with Gasteiger partial charge >= 0.3 is 0 Å². The van der Waals surface area contributed by atoms with Gasteiger partial charge in [-0.15, -0.1) is 0 Å². The fraction of sp³-hybridized carbons (Fsp3) is 0.533. The Bertz CT molecular complexity index is 421. The summed E-state index contributed by atoms with van der Waals surface area (Å²) in [5.41, 5.74) is 2.51. The van der Waals surface area contributed by atoms with E-state index in [1.54, 1.807) is 12.1 Å². The van der Waals surface area contributed by atoms with E-state index in [4.69, 9.17) is 0 Å². The number of phenols is 1. The van der Waals surface area contributed by atoms with Crippen molar-refractivity contribution in [2.24, 2.45) is 11.8 Å². The summed E-state index contributed by atoms with van der Waals surface area (Å²) in [5, 5.41) is 9.87. The Balaban J connectivity index is 3.08. The first kappa shape index (κ1) is 13.8. The summed E-state index contributed by atoms with van der Waals surface area (Å²) in [6.45, 7) is 9.97. The molecule has 0 aromatic heterocycles. The summed E-state index contributed by atoms with van der Waals surface area (Å²) in [6, 6.07) is 3.47. The van der Waals surface area contributed by atoms with Crippen LogP contribution in [0.25, 0.3) is 0 Å². The molecule has 17 heavy (non-hydrogen) atoms. The SMILES string of the molecule is CCC(C)C(C)C(=O)c1cc(C)c(C)cc1O. The monoisotopic (exact) mass is 234 g/mol. The van der Waals surface area contributed by atoms with Crippen molar-refractivity contribution in [3.8, 4) is 5.75 Å². The topological polar surface area (TPSA) is 37.3 Å². The number of aromatic hydroxyl groups is 1. The molecular weight excluding hydrogens is 212 g/mol. The number of ketones is 1. The van der Waals surface area contributed by atoms with Gasteiger partial charge in [-0.25, -0.2) is 0 Å². The van der Waals surface area contributed by atoms with Crippen molar-refractivity contribution >= 4 is 5.78 Å². The van der Waals surface area contributed by atoms with Gasteiger partial charge in [0.25, 0.3) is 0 Å². The smallest absolute Gasteiger partial charge is 0.169 e. The minimum absolute atomic E-state index is 0.0416. The maximum atomic E-state index is 12.3. The van der Waals surface area contributed by atoms with E-state index < -0.39 is 0 Å². The molecule has 0 spiro atoms. The van der Waals surface area contributed by atoms with Crippen molar-refractivity contribution < 1.29 is 9.90 Å². The minimum atomic E-state index is -0.0481. The second-order valence-electron chi connectivity index (χ2n) is 4.99. The van der Waals surface area contributed by atoms with E-state index in [1.165, 1.54) is 0 Å². The van der Waals surface area contributed by atoms with Crippen molar-refractivity contribution in [3.05, 3.63) is 28.8 Å². The van der Waals surface area contributed by atoms with E-state index in [0.29, 0.717) is 11.5 Å². The number of aryl methyl sites for hydroxylation is 2. The molecule has 0 aliphatic heterocycles. The van der Waals surface area contributed by atoms with Crippen LogP contribution in [0.3, 0.4) is 0 Å². The fourth-order valence-electron chi connectivity index (χ4n) is 1.86. The molecule has 0 amide bonds. The Morgan fingerprint density at radius 3 is 2.29 bits per heavy atom. The zero-order chi connectivity index (χ0) is 13.2. The Morgan fingerprint density at radius 1 is 1.24 bits per heavy atom. The van der Waals surface area contributed by atoms with E-state index in [1.807, 2.05) is 20.8 Å². The van der Waals surface area contributed by atoms with Gasteiger partial charge < -0.3 is 5.11 Å². The number of Topliss-reactive ketones (excluding diaryl/α,β-unsaturated/α-hetero) is 1. The van der Waals surface area contributed by atoms with E-state index in [2.05, 4.69) is 13.8 Å². The average molecular weight is 234 g/mol. The molecule has 1 aromatic carbocycles. The average Bonchev–Trinajstić information content (AvgIpc) is 2.31. The number of carbonyl (C=O) groups is 1. The summed E-state index contributed by atoms with van der Waals surface area (Å²) in [7, 11) is 0. The van der Waals surface area contributed by atoms with Crippen LogP contribution in [-0.2, 0) is 0 Å². The van der Waals surface area contributed by atoms with Crippen LogP contribution in [0.1, 0.15) is 48.7 Å². The molecule has 94 valence electrons. The molecule has 1 aromatic rings. The molecule has 0 saturated carbocycles. The second-order valence-corrected chi connectivity index (χ2v) is 4.99. The molecule has 0 aliphatic rings. The lowest BCUT2D eigenvalue weighted by atomic mass is 9.86. The highest BCUT2D eigenvalue weighted by Crippen LogP contribution is 2.27. The van der Waals surface area contributed by atoms with Gasteiger partial charge in [-0.2, -0.15) is 0 Å². The standard InChI is InChI=1S/C15H22O2/c1-6-9(2)12(5)15(17)13-7-10(3)11(4)8-14(13)16/h7-9,12,16H,6H2,1-5H3. The third-order valence-electron chi connectivity index (χ3n) is 3.79. The molecule has 1 rings (SSSR count). The van der Waals surface area contributed by atoms with Gasteiger partial charge in [0, 0.05) is 5.92 Å². The summed E-state index contributed by atoms with van der Waals surface area (Å²) in [6.07, 6.45) is 0.971. The Morgan fingerprint density at radius 2 is 1.76 bits per heavy atom. The molecule has 1 N–H and O–H groups in total. The van der Waals surface area contributed by atoms with Crippen molar-refractivity contribution in [2.75, 3.05) is 0 Å². The van der Waals surface area contributed by atoms with Gasteiger partial charge in [0.05, 0.1) is 5.56 Å². The Labute approximate surface area is 104 Å². The molecule has 2 atom stereocenters. The van der Waals surface area contributed by atoms with Gasteiger partial charge in [-0.05, 0) is 43.0 Å². The summed E-state index contributed by atoms with van der Waals surface area (Å²) in [5.74, 6) is 0.435. The van der Waals surface area contributed by atoms with Gasteiger partial charge in [-0.3, -0.25) is 4.79 Å². The lowest BCUT2D eigenvalue weighted by molar-refractivity contribution is 0.0888. The molecule has 0 saturated heterocycles. The first-order chi connectivity index (χ1) is 7.88. The summed E-state index contributed by atoms with van der Waals surface area (Å²) in [4.78, 5) is 12.3. The number of carbonyl (C=O) groups excluding carboxylic acids is 1. The number of rotatable bonds is 4. The number of hydrogen-bond donors (Lipinski definition) is 1. The van der Waals surface area contributed by atoms with Gasteiger partial charge in [0.15, 0.2) is 5.78 Å². The van der Waals surface area contributed by atoms with Crippen LogP contribution in [0.2, 0.25) is 0 Å². The second kappa shape index (κ2) is 5.35. The summed E-state index contributed by atoms with van der Waals surface area (Å²) >= 11 is 0. The van der Waals surface area contributed by atoms with Crippen molar-refractivity contribution in [1.82, 2.24) is 0 Å². The molecule has 0 bridgehead atoms. The van der Waals surface area contributed by atoms with Gasteiger partial charge in [0.1, 0.15) is 5.75 Å². The predicted molar refractivity (Wildman–Crippen MR) is 70.5 cm³/mol. The quantitative estimate of drug-likeness (QED) is 0.803. The number of hydrogen-bond acceptors (Lipinski definition) is 2. The van der Waals surface area contributed by atoms with Crippen molar-refractivity contribution in [3.63, 3.8) is 0 Å². The molecule has 2 heteroatoms. The van der Waals surface area contributed by atoms with Crippen LogP contribution in [0.4, 0.5) is 0 Å². The first-order valence-corrected chi connectivity index (χ1v) is 6.22. The minimum Gasteiger partial charge on any atom is -0.507 e. The highest BCUT2D eigenvalue weighted by molar-refractivity contribution is 6.00. The zero-order valence-electron chi connectivity index (χ0n) is 11.4. The first-order valence-electron chi connectivity index (χ1n) is 6.22. The maximum Gasteiger partial charge on any atom is 0.169 e. The van der Waals surface area contributed by atoms with E-state index in [9.17, 15) is 9.90 Å². The molecule has 2 unspecified atom stereocenters. The van der Waals surface area contributed by atoms with Crippen molar-refractivity contribution in [2.45, 2.75) is 41.0 Å². The van der Waals surface area contributed by atoms with Crippen LogP contribution < -0.4 is 0 Å². The summed E-state index contributed by atoms with van der Waals surface area (Å²) < 4.78 is 0. The number of phenolic OH excluding ortho intramolecular Hbond substituents is 1. The third-order valence-corrected chi connectivity index (χ3v) is 3.79. The molecule has 0 aliphatic carbocycles. The van der Waals surface area contributed by atoms with Crippen molar-refractivity contribution in [1.29, 1.82) is 0 Å². The largest absolute Gasteiger partial charge is 0.507 e.